The van der Waals surface area contributed by atoms with Crippen LogP contribution in [-0.4, -0.2) is 40.6 Å². The second-order valence-electron chi connectivity index (χ2n) is 6.82. The lowest BCUT2D eigenvalue weighted by Crippen LogP contribution is -2.24. The molecule has 2 heterocycles. The van der Waals surface area contributed by atoms with Gasteiger partial charge in [-0.25, -0.2) is 0 Å². The maximum absolute atomic E-state index is 12.8. The molecule has 0 saturated carbocycles. The van der Waals surface area contributed by atoms with Gasteiger partial charge in [-0.3, -0.25) is 4.79 Å². The van der Waals surface area contributed by atoms with E-state index in [1.54, 1.807) is 6.07 Å². The van der Waals surface area contributed by atoms with Gasteiger partial charge in [0.05, 0.1) is 11.5 Å². The SMILES string of the molecule is CNC(C)Cc1noc(C2CC(=O)N(Cc3cccc(C(F)(F)F)c3)C2)n1.Cl. The lowest BCUT2D eigenvalue weighted by molar-refractivity contribution is -0.137. The number of aromatic nitrogens is 2. The zero-order valence-electron chi connectivity index (χ0n) is 15.5. The highest BCUT2D eigenvalue weighted by molar-refractivity contribution is 5.85. The number of benzene rings is 1. The lowest BCUT2D eigenvalue weighted by Gasteiger charge is -2.17. The highest BCUT2D eigenvalue weighted by Crippen LogP contribution is 2.31. The summed E-state index contributed by atoms with van der Waals surface area (Å²) in [7, 11) is 1.84. The van der Waals surface area contributed by atoms with Crippen molar-refractivity contribution in [3.63, 3.8) is 0 Å². The minimum Gasteiger partial charge on any atom is -0.339 e. The zero-order valence-corrected chi connectivity index (χ0v) is 16.3. The van der Waals surface area contributed by atoms with Crippen LogP contribution in [0.5, 0.6) is 0 Å². The molecule has 1 aromatic carbocycles. The minimum absolute atomic E-state index is 0. The minimum atomic E-state index is -4.40. The van der Waals surface area contributed by atoms with E-state index in [2.05, 4.69) is 15.5 Å². The van der Waals surface area contributed by atoms with Crippen molar-refractivity contribution in [2.45, 2.75) is 44.4 Å². The van der Waals surface area contributed by atoms with Crippen molar-refractivity contribution in [1.82, 2.24) is 20.4 Å². The van der Waals surface area contributed by atoms with Crippen LogP contribution < -0.4 is 5.32 Å². The maximum Gasteiger partial charge on any atom is 0.416 e. The molecule has 1 saturated heterocycles. The van der Waals surface area contributed by atoms with Gasteiger partial charge in [-0.15, -0.1) is 12.4 Å². The zero-order chi connectivity index (χ0) is 19.6. The second kappa shape index (κ2) is 8.91. The van der Waals surface area contributed by atoms with Crippen molar-refractivity contribution < 1.29 is 22.5 Å². The van der Waals surface area contributed by atoms with Gasteiger partial charge in [0.2, 0.25) is 11.8 Å². The predicted molar refractivity (Wildman–Crippen MR) is 98.0 cm³/mol. The number of hydrogen-bond donors (Lipinski definition) is 1. The maximum atomic E-state index is 12.8. The number of alkyl halides is 3. The molecular weight excluding hydrogens is 397 g/mol. The molecule has 10 heteroatoms. The molecule has 2 aromatic rings. The van der Waals surface area contributed by atoms with Gasteiger partial charge >= 0.3 is 6.18 Å². The summed E-state index contributed by atoms with van der Waals surface area (Å²) in [4.78, 5) is 18.2. The van der Waals surface area contributed by atoms with Gasteiger partial charge < -0.3 is 14.7 Å². The normalized spacial score (nSPS) is 18.2. The Labute approximate surface area is 166 Å². The summed E-state index contributed by atoms with van der Waals surface area (Å²) >= 11 is 0. The van der Waals surface area contributed by atoms with E-state index in [1.807, 2.05) is 14.0 Å². The fourth-order valence-corrected chi connectivity index (χ4v) is 3.05. The van der Waals surface area contributed by atoms with E-state index in [9.17, 15) is 18.0 Å². The first kappa shape index (κ1) is 22.2. The number of nitrogens with zero attached hydrogens (tertiary/aromatic N) is 3. The molecule has 1 amide bonds. The quantitative estimate of drug-likeness (QED) is 0.780. The van der Waals surface area contributed by atoms with Crippen molar-refractivity contribution in [3.05, 3.63) is 47.1 Å². The van der Waals surface area contributed by atoms with Crippen LogP contribution in [0.4, 0.5) is 13.2 Å². The Morgan fingerprint density at radius 2 is 2.14 bits per heavy atom. The Bertz CT molecular complexity index is 812. The molecule has 6 nitrogen and oxygen atoms in total. The third-order valence-electron chi connectivity index (χ3n) is 4.66. The lowest BCUT2D eigenvalue weighted by atomic mass is 10.1. The number of nitrogens with one attached hydrogen (secondary N) is 1. The molecule has 0 bridgehead atoms. The molecule has 0 aliphatic carbocycles. The van der Waals surface area contributed by atoms with Crippen molar-refractivity contribution in [1.29, 1.82) is 0 Å². The number of likely N-dealkylation sites (N-methyl/N-ethyl adjacent to an activating group) is 1. The van der Waals surface area contributed by atoms with Crippen LogP contribution in [0.3, 0.4) is 0 Å². The summed E-state index contributed by atoms with van der Waals surface area (Å²) in [5.74, 6) is 0.582. The smallest absolute Gasteiger partial charge is 0.339 e. The van der Waals surface area contributed by atoms with Crippen molar-refractivity contribution in [3.8, 4) is 0 Å². The van der Waals surface area contributed by atoms with E-state index in [0.29, 0.717) is 30.2 Å². The van der Waals surface area contributed by atoms with Gasteiger partial charge in [-0.1, -0.05) is 17.3 Å². The van der Waals surface area contributed by atoms with E-state index in [1.165, 1.54) is 11.0 Å². The molecular formula is C18H22ClF3N4O2. The third-order valence-corrected chi connectivity index (χ3v) is 4.66. The van der Waals surface area contributed by atoms with Crippen LogP contribution in [0.2, 0.25) is 0 Å². The molecule has 1 aliphatic rings. The van der Waals surface area contributed by atoms with Gasteiger partial charge in [0, 0.05) is 32.0 Å². The number of carbonyl (C=O) groups excluding carboxylic acids is 1. The Morgan fingerprint density at radius 3 is 2.82 bits per heavy atom. The molecule has 154 valence electrons. The number of likely N-dealkylation sites (tertiary alicyclic amines) is 1. The van der Waals surface area contributed by atoms with E-state index in [-0.39, 0.29) is 43.2 Å². The molecule has 1 N–H and O–H groups in total. The van der Waals surface area contributed by atoms with Crippen LogP contribution in [0.25, 0.3) is 0 Å². The summed E-state index contributed by atoms with van der Waals surface area (Å²) in [5, 5.41) is 7.03. The monoisotopic (exact) mass is 418 g/mol. The number of hydrogen-bond acceptors (Lipinski definition) is 5. The fraction of sp³-hybridized carbons (Fsp3) is 0.500. The van der Waals surface area contributed by atoms with Gasteiger partial charge in [0.1, 0.15) is 0 Å². The van der Waals surface area contributed by atoms with Crippen LogP contribution in [-0.2, 0) is 23.9 Å². The Morgan fingerprint density at radius 1 is 1.39 bits per heavy atom. The first-order chi connectivity index (χ1) is 12.8. The van der Waals surface area contributed by atoms with Gasteiger partial charge in [-0.05, 0) is 31.7 Å². The molecule has 0 spiro atoms. The Balaban J connectivity index is 0.00000280. The Hall–Kier alpha value is -2.13. The fourth-order valence-electron chi connectivity index (χ4n) is 3.05. The molecule has 1 fully saturated rings. The molecule has 1 aromatic heterocycles. The predicted octanol–water partition coefficient (Wildman–Crippen LogP) is 3.18. The van der Waals surface area contributed by atoms with Crippen molar-refractivity contribution in [2.75, 3.05) is 13.6 Å². The Kier molecular flexibility index (Phi) is 7.06. The number of halogens is 4. The molecule has 1 aliphatic heterocycles. The van der Waals surface area contributed by atoms with E-state index in [0.717, 1.165) is 12.1 Å². The molecule has 28 heavy (non-hydrogen) atoms. The first-order valence-corrected chi connectivity index (χ1v) is 8.70. The van der Waals surface area contributed by atoms with Crippen LogP contribution in [0, 0.1) is 0 Å². The van der Waals surface area contributed by atoms with E-state index >= 15 is 0 Å². The van der Waals surface area contributed by atoms with Crippen molar-refractivity contribution in [2.24, 2.45) is 0 Å². The van der Waals surface area contributed by atoms with Gasteiger partial charge in [0.15, 0.2) is 5.82 Å². The number of rotatable bonds is 6. The number of amides is 1. The summed E-state index contributed by atoms with van der Waals surface area (Å²) in [6.45, 7) is 2.46. The average molecular weight is 419 g/mol. The molecule has 0 radical (unpaired) electrons. The van der Waals surface area contributed by atoms with E-state index in [4.69, 9.17) is 4.52 Å². The summed E-state index contributed by atoms with van der Waals surface area (Å²) in [6, 6.07) is 5.22. The topological polar surface area (TPSA) is 71.3 Å². The van der Waals surface area contributed by atoms with Crippen LogP contribution >= 0.6 is 12.4 Å². The standard InChI is InChI=1S/C18H21F3N4O2.ClH/c1-11(22-2)6-15-23-17(27-24-15)13-8-16(26)25(10-13)9-12-4-3-5-14(7-12)18(19,20)21;/h3-5,7,11,13,22H,6,8-10H2,1-2H3;1H. The first-order valence-electron chi connectivity index (χ1n) is 8.70. The molecule has 3 rings (SSSR count). The third kappa shape index (κ3) is 5.23. The van der Waals surface area contributed by atoms with Crippen LogP contribution in [0.15, 0.2) is 28.8 Å². The summed E-state index contributed by atoms with van der Waals surface area (Å²) < 4.78 is 43.8. The highest BCUT2D eigenvalue weighted by Gasteiger charge is 2.35. The average Bonchev–Trinajstić information content (AvgIpc) is 3.21. The molecule has 2 atom stereocenters. The van der Waals surface area contributed by atoms with Gasteiger partial charge in [-0.2, -0.15) is 18.2 Å². The van der Waals surface area contributed by atoms with Crippen LogP contribution in [0.1, 0.15) is 42.1 Å². The highest BCUT2D eigenvalue weighted by atomic mass is 35.5. The largest absolute Gasteiger partial charge is 0.416 e. The van der Waals surface area contributed by atoms with E-state index < -0.39 is 11.7 Å². The summed E-state index contributed by atoms with van der Waals surface area (Å²) in [6.07, 6.45) is -3.59. The summed E-state index contributed by atoms with van der Waals surface area (Å²) in [5.41, 5.74) is -0.281. The molecule has 2 unspecified atom stereocenters. The number of carbonyl (C=O) groups is 1. The van der Waals surface area contributed by atoms with Crippen molar-refractivity contribution >= 4 is 18.3 Å². The second-order valence-corrected chi connectivity index (χ2v) is 6.82. The van der Waals surface area contributed by atoms with Gasteiger partial charge in [0.25, 0.3) is 0 Å².